The van der Waals surface area contributed by atoms with Crippen LogP contribution in [0.1, 0.15) is 22.3 Å². The Morgan fingerprint density at radius 3 is 2.54 bits per heavy atom. The van der Waals surface area contributed by atoms with Gasteiger partial charge < -0.3 is 10.0 Å². The Bertz CT molecular complexity index is 799. The van der Waals surface area contributed by atoms with Crippen molar-refractivity contribution in [2.24, 2.45) is 0 Å². The molecule has 2 aliphatic rings. The maximum absolute atomic E-state index is 10.8. The van der Waals surface area contributed by atoms with Crippen molar-refractivity contribution in [2.75, 3.05) is 31.1 Å². The minimum absolute atomic E-state index is 0.249. The number of piperazine rings is 1. The van der Waals surface area contributed by atoms with Crippen LogP contribution in [-0.4, -0.2) is 48.3 Å². The quantitative estimate of drug-likeness (QED) is 0.692. The van der Waals surface area contributed by atoms with Crippen molar-refractivity contribution in [1.29, 1.82) is 0 Å². The number of aliphatic hydroxyl groups excluding tert-OH is 1. The number of anilines is 1. The van der Waals surface area contributed by atoms with E-state index in [0.717, 1.165) is 39.0 Å². The van der Waals surface area contributed by atoms with Crippen LogP contribution in [0.15, 0.2) is 36.4 Å². The number of rotatable bonds is 2. The van der Waals surface area contributed by atoms with Crippen LogP contribution in [0.5, 0.6) is 0 Å². The molecule has 1 heterocycles. The molecule has 1 fully saturated rings. The zero-order valence-electron chi connectivity index (χ0n) is 15.6. The summed E-state index contributed by atoms with van der Waals surface area (Å²) in [4.78, 5) is 5.02. The number of hydrogen-bond donors (Lipinski definition) is 1. The monoisotopic (exact) mass is 462 g/mol. The van der Waals surface area contributed by atoms with Crippen molar-refractivity contribution in [1.82, 2.24) is 4.90 Å². The van der Waals surface area contributed by atoms with E-state index < -0.39 is 0 Å². The number of halogens is 1. The van der Waals surface area contributed by atoms with E-state index in [2.05, 4.69) is 82.6 Å². The average Bonchev–Trinajstić information content (AvgIpc) is 2.64. The molecule has 0 bridgehead atoms. The molecule has 1 N–H and O–H groups in total. The van der Waals surface area contributed by atoms with Crippen molar-refractivity contribution < 1.29 is 5.11 Å². The highest BCUT2D eigenvalue weighted by Gasteiger charge is 2.34. The third kappa shape index (κ3) is 3.51. The van der Waals surface area contributed by atoms with E-state index in [1.54, 1.807) is 0 Å². The Balaban J connectivity index is 1.46. The molecule has 0 aromatic heterocycles. The summed E-state index contributed by atoms with van der Waals surface area (Å²) in [5, 5.41) is 10.8. The summed E-state index contributed by atoms with van der Waals surface area (Å²) in [6.45, 7) is 8.47. The molecule has 0 spiro atoms. The Labute approximate surface area is 170 Å². The Kier molecular flexibility index (Phi) is 5.26. The number of aliphatic hydroxyl groups is 1. The van der Waals surface area contributed by atoms with E-state index in [9.17, 15) is 5.11 Å². The van der Waals surface area contributed by atoms with Gasteiger partial charge >= 0.3 is 0 Å². The number of fused-ring (bicyclic) bond motifs is 1. The first-order valence-corrected chi connectivity index (χ1v) is 10.6. The van der Waals surface area contributed by atoms with Crippen LogP contribution in [0.25, 0.3) is 0 Å². The maximum atomic E-state index is 10.8. The Morgan fingerprint density at radius 2 is 1.77 bits per heavy atom. The Morgan fingerprint density at radius 1 is 1.00 bits per heavy atom. The number of hydrogen-bond acceptors (Lipinski definition) is 3. The van der Waals surface area contributed by atoms with Crippen LogP contribution in [-0.2, 0) is 12.8 Å². The lowest BCUT2D eigenvalue weighted by molar-refractivity contribution is 0.0393. The van der Waals surface area contributed by atoms with Gasteiger partial charge in [-0.15, -0.1) is 0 Å². The molecule has 1 saturated heterocycles. The van der Waals surface area contributed by atoms with Crippen LogP contribution in [0, 0.1) is 17.4 Å². The maximum Gasteiger partial charge on any atom is 0.0739 e. The topological polar surface area (TPSA) is 26.7 Å². The lowest BCUT2D eigenvalue weighted by Gasteiger charge is -2.44. The van der Waals surface area contributed by atoms with Gasteiger partial charge in [0.05, 0.1) is 6.10 Å². The first-order valence-electron chi connectivity index (χ1n) is 9.53. The summed E-state index contributed by atoms with van der Waals surface area (Å²) in [5.74, 6) is 0. The van der Waals surface area contributed by atoms with Crippen LogP contribution in [0.2, 0.25) is 0 Å². The zero-order valence-corrected chi connectivity index (χ0v) is 17.7. The predicted molar refractivity (Wildman–Crippen MR) is 116 cm³/mol. The second-order valence-corrected chi connectivity index (χ2v) is 8.90. The van der Waals surface area contributed by atoms with Gasteiger partial charge in [0.1, 0.15) is 0 Å². The van der Waals surface area contributed by atoms with Crippen molar-refractivity contribution in [3.05, 3.63) is 62.2 Å². The summed E-state index contributed by atoms with van der Waals surface area (Å²) in [5.41, 5.74) is 6.82. The van der Waals surface area contributed by atoms with Crippen molar-refractivity contribution >= 4 is 28.3 Å². The molecule has 0 saturated carbocycles. The smallest absolute Gasteiger partial charge is 0.0739 e. The second-order valence-electron chi connectivity index (χ2n) is 7.73. The van der Waals surface area contributed by atoms with Gasteiger partial charge in [-0.2, -0.15) is 0 Å². The molecule has 138 valence electrons. The van der Waals surface area contributed by atoms with Crippen molar-refractivity contribution in [3.63, 3.8) is 0 Å². The molecule has 0 radical (unpaired) electrons. The minimum atomic E-state index is -0.257. The molecule has 2 aromatic rings. The van der Waals surface area contributed by atoms with Gasteiger partial charge in [0.25, 0.3) is 0 Å². The lowest BCUT2D eigenvalue weighted by Crippen LogP contribution is -2.56. The molecule has 4 rings (SSSR count). The SMILES string of the molecule is Cc1ccc(C)c(N2CCN([C@H]3Cc4c(I)cccc4C[C@@H]3O)CC2)c1. The van der Waals surface area contributed by atoms with E-state index in [1.165, 1.54) is 31.5 Å². The van der Waals surface area contributed by atoms with Gasteiger partial charge in [-0.3, -0.25) is 4.90 Å². The normalized spacial score (nSPS) is 23.8. The summed E-state index contributed by atoms with van der Waals surface area (Å²) in [6.07, 6.45) is 1.50. The van der Waals surface area contributed by atoms with Gasteiger partial charge in [0.15, 0.2) is 0 Å². The molecule has 4 heteroatoms. The van der Waals surface area contributed by atoms with E-state index in [-0.39, 0.29) is 12.1 Å². The van der Waals surface area contributed by atoms with Crippen molar-refractivity contribution in [3.8, 4) is 0 Å². The summed E-state index contributed by atoms with van der Waals surface area (Å²) >= 11 is 2.44. The average molecular weight is 462 g/mol. The molecule has 1 aliphatic carbocycles. The minimum Gasteiger partial charge on any atom is -0.391 e. The molecular formula is C22H27IN2O. The predicted octanol–water partition coefficient (Wildman–Crippen LogP) is 3.56. The number of aryl methyl sites for hydroxylation is 2. The standard InChI is InChI=1S/C22H27IN2O/c1-15-6-7-16(2)20(12-15)24-8-10-25(11-9-24)21-14-18-17(13-22(21)26)4-3-5-19(18)23/h3-7,12,21-22,26H,8-11,13-14H2,1-2H3/t21-,22-/m0/s1. The van der Waals surface area contributed by atoms with Gasteiger partial charge in [-0.05, 0) is 77.2 Å². The third-order valence-corrected chi connectivity index (χ3v) is 7.00. The van der Waals surface area contributed by atoms with E-state index in [0.29, 0.717) is 0 Å². The Hall–Kier alpha value is -1.11. The third-order valence-electron chi connectivity index (χ3n) is 5.99. The zero-order chi connectivity index (χ0) is 18.3. The van der Waals surface area contributed by atoms with Crippen LogP contribution < -0.4 is 4.90 Å². The molecule has 2 aromatic carbocycles. The highest BCUT2D eigenvalue weighted by molar-refractivity contribution is 14.1. The highest BCUT2D eigenvalue weighted by atomic mass is 127. The van der Waals surface area contributed by atoms with E-state index in [1.807, 2.05) is 0 Å². The number of benzene rings is 2. The summed E-state index contributed by atoms with van der Waals surface area (Å²) in [6, 6.07) is 13.4. The highest BCUT2D eigenvalue weighted by Crippen LogP contribution is 2.30. The van der Waals surface area contributed by atoms with Gasteiger partial charge in [0, 0.05) is 47.9 Å². The largest absolute Gasteiger partial charge is 0.391 e. The second kappa shape index (κ2) is 7.49. The van der Waals surface area contributed by atoms with Crippen molar-refractivity contribution in [2.45, 2.75) is 38.8 Å². The van der Waals surface area contributed by atoms with Gasteiger partial charge in [-0.1, -0.05) is 24.3 Å². The first kappa shape index (κ1) is 18.3. The van der Waals surface area contributed by atoms with Crippen LogP contribution in [0.4, 0.5) is 5.69 Å². The molecule has 1 aliphatic heterocycles. The van der Waals surface area contributed by atoms with Crippen LogP contribution >= 0.6 is 22.6 Å². The van der Waals surface area contributed by atoms with E-state index in [4.69, 9.17) is 0 Å². The summed E-state index contributed by atoms with van der Waals surface area (Å²) < 4.78 is 1.34. The van der Waals surface area contributed by atoms with Gasteiger partial charge in [-0.25, -0.2) is 0 Å². The van der Waals surface area contributed by atoms with Gasteiger partial charge in [0.2, 0.25) is 0 Å². The lowest BCUT2D eigenvalue weighted by atomic mass is 9.85. The summed E-state index contributed by atoms with van der Waals surface area (Å²) in [7, 11) is 0. The molecule has 0 unspecified atom stereocenters. The molecule has 3 nitrogen and oxygen atoms in total. The fourth-order valence-electron chi connectivity index (χ4n) is 4.46. The fourth-order valence-corrected chi connectivity index (χ4v) is 5.23. The molecule has 26 heavy (non-hydrogen) atoms. The van der Waals surface area contributed by atoms with Crippen LogP contribution in [0.3, 0.4) is 0 Å². The molecular weight excluding hydrogens is 435 g/mol. The number of nitrogens with zero attached hydrogens (tertiary/aromatic N) is 2. The fraction of sp³-hybridized carbons (Fsp3) is 0.455. The first-order chi connectivity index (χ1) is 12.5. The van der Waals surface area contributed by atoms with E-state index >= 15 is 0 Å². The molecule has 0 amide bonds. The molecule has 2 atom stereocenters.